The van der Waals surface area contributed by atoms with E-state index in [1.54, 1.807) is 50.4 Å². The number of amides is 2. The Balaban J connectivity index is 1.94. The lowest BCUT2D eigenvalue weighted by atomic mass is 10.1. The summed E-state index contributed by atoms with van der Waals surface area (Å²) in [5, 5.41) is 3.19. The predicted molar refractivity (Wildman–Crippen MR) is 91.3 cm³/mol. The highest BCUT2D eigenvalue weighted by molar-refractivity contribution is 6.30. The van der Waals surface area contributed by atoms with Gasteiger partial charge in [-0.1, -0.05) is 23.7 Å². The molecule has 0 fully saturated rings. The quantitative estimate of drug-likeness (QED) is 0.901. The van der Waals surface area contributed by atoms with Gasteiger partial charge in [0.05, 0.1) is 0 Å². The summed E-state index contributed by atoms with van der Waals surface area (Å²) in [4.78, 5) is 26.0. The molecule has 0 bridgehead atoms. The van der Waals surface area contributed by atoms with Crippen LogP contribution in [-0.4, -0.2) is 29.8 Å². The van der Waals surface area contributed by atoms with Gasteiger partial charge in [0.2, 0.25) is 5.91 Å². The van der Waals surface area contributed by atoms with Crippen molar-refractivity contribution in [3.63, 3.8) is 0 Å². The summed E-state index contributed by atoms with van der Waals surface area (Å²) in [5.41, 5.74) is 1.24. The third-order valence-corrected chi connectivity index (χ3v) is 3.79. The number of likely N-dealkylation sites (N-methyl/N-ethyl adjacent to an activating group) is 1. The predicted octanol–water partition coefficient (Wildman–Crippen LogP) is 3.26. The zero-order valence-electron chi connectivity index (χ0n) is 13.4. The van der Waals surface area contributed by atoms with Crippen LogP contribution in [0.15, 0.2) is 48.5 Å². The topological polar surface area (TPSA) is 49.4 Å². The fourth-order valence-electron chi connectivity index (χ4n) is 2.22. The van der Waals surface area contributed by atoms with E-state index in [1.807, 2.05) is 0 Å². The van der Waals surface area contributed by atoms with Crippen LogP contribution in [0.1, 0.15) is 22.8 Å². The molecule has 24 heavy (non-hydrogen) atoms. The van der Waals surface area contributed by atoms with Crippen LogP contribution < -0.4 is 5.32 Å². The molecule has 0 aromatic heterocycles. The number of nitrogens with zero attached hydrogens (tertiary/aromatic N) is 1. The van der Waals surface area contributed by atoms with Crippen LogP contribution in [-0.2, 0) is 11.3 Å². The second-order valence-electron chi connectivity index (χ2n) is 5.52. The summed E-state index contributed by atoms with van der Waals surface area (Å²) in [5.74, 6) is -0.902. The largest absolute Gasteiger partial charge is 0.341 e. The number of benzene rings is 2. The van der Waals surface area contributed by atoms with E-state index in [1.165, 1.54) is 17.0 Å². The highest BCUT2D eigenvalue weighted by atomic mass is 35.5. The molecule has 2 rings (SSSR count). The Hall–Kier alpha value is -2.40. The van der Waals surface area contributed by atoms with E-state index in [9.17, 15) is 14.0 Å². The number of carbonyl (C=O) groups is 2. The molecule has 0 aliphatic carbocycles. The van der Waals surface area contributed by atoms with Crippen molar-refractivity contribution in [3.05, 3.63) is 70.5 Å². The number of halogens is 2. The Kier molecular flexibility index (Phi) is 5.93. The summed E-state index contributed by atoms with van der Waals surface area (Å²) >= 11 is 5.78. The van der Waals surface area contributed by atoms with Crippen LogP contribution >= 0.6 is 11.6 Å². The zero-order chi connectivity index (χ0) is 17.7. The monoisotopic (exact) mass is 348 g/mol. The van der Waals surface area contributed by atoms with Gasteiger partial charge in [0.15, 0.2) is 0 Å². The van der Waals surface area contributed by atoms with Crippen molar-refractivity contribution in [2.45, 2.75) is 19.5 Å². The summed E-state index contributed by atoms with van der Waals surface area (Å²) in [7, 11) is 1.64. The first kappa shape index (κ1) is 17.9. The van der Waals surface area contributed by atoms with E-state index in [4.69, 9.17) is 11.6 Å². The molecule has 2 aromatic rings. The van der Waals surface area contributed by atoms with E-state index in [-0.39, 0.29) is 17.6 Å². The molecule has 0 saturated heterocycles. The van der Waals surface area contributed by atoms with Gasteiger partial charge in [-0.15, -0.1) is 0 Å². The minimum atomic E-state index is -0.682. The van der Waals surface area contributed by atoms with Crippen molar-refractivity contribution < 1.29 is 14.0 Å². The summed E-state index contributed by atoms with van der Waals surface area (Å²) < 4.78 is 12.9. The molecule has 0 radical (unpaired) electrons. The summed E-state index contributed by atoms with van der Waals surface area (Å²) in [6.07, 6.45) is 0. The van der Waals surface area contributed by atoms with Gasteiger partial charge in [0, 0.05) is 24.2 Å². The van der Waals surface area contributed by atoms with Gasteiger partial charge >= 0.3 is 0 Å². The van der Waals surface area contributed by atoms with E-state index in [0.29, 0.717) is 17.1 Å². The maximum absolute atomic E-state index is 12.9. The third-order valence-electron chi connectivity index (χ3n) is 3.53. The first-order valence-corrected chi connectivity index (χ1v) is 7.80. The maximum Gasteiger partial charge on any atom is 0.251 e. The van der Waals surface area contributed by atoms with Crippen molar-refractivity contribution in [1.82, 2.24) is 10.2 Å². The molecule has 0 spiro atoms. The molecule has 126 valence electrons. The van der Waals surface area contributed by atoms with Crippen LogP contribution in [0.25, 0.3) is 0 Å². The van der Waals surface area contributed by atoms with Gasteiger partial charge in [0.1, 0.15) is 11.9 Å². The molecule has 0 saturated carbocycles. The summed E-state index contributed by atoms with van der Waals surface area (Å²) in [6.45, 7) is 1.96. The lowest BCUT2D eigenvalue weighted by molar-refractivity contribution is -0.132. The normalized spacial score (nSPS) is 11.7. The Morgan fingerprint density at radius 3 is 2.29 bits per heavy atom. The Morgan fingerprint density at radius 1 is 1.12 bits per heavy atom. The number of nitrogens with one attached hydrogen (secondary N) is 1. The molecule has 1 atom stereocenters. The SMILES string of the molecule is CC(NC(=O)c1ccc(Cl)cc1)C(=O)N(C)Cc1ccc(F)cc1. The van der Waals surface area contributed by atoms with Gasteiger partial charge in [-0.3, -0.25) is 9.59 Å². The molecule has 1 N–H and O–H groups in total. The molecule has 1 unspecified atom stereocenters. The lowest BCUT2D eigenvalue weighted by Gasteiger charge is -2.22. The van der Waals surface area contributed by atoms with E-state index >= 15 is 0 Å². The number of hydrogen-bond acceptors (Lipinski definition) is 2. The first-order chi connectivity index (χ1) is 11.4. The van der Waals surface area contributed by atoms with Crippen molar-refractivity contribution in [1.29, 1.82) is 0 Å². The van der Waals surface area contributed by atoms with Crippen molar-refractivity contribution in [3.8, 4) is 0 Å². The minimum absolute atomic E-state index is 0.235. The standard InChI is InChI=1S/C18H18ClFN2O2/c1-12(21-17(23)14-5-7-15(19)8-6-14)18(24)22(2)11-13-3-9-16(20)10-4-13/h3-10,12H,11H2,1-2H3,(H,21,23). The van der Waals surface area contributed by atoms with Crippen molar-refractivity contribution >= 4 is 23.4 Å². The van der Waals surface area contributed by atoms with Gasteiger partial charge in [0.25, 0.3) is 5.91 Å². The maximum atomic E-state index is 12.9. The van der Waals surface area contributed by atoms with E-state index in [2.05, 4.69) is 5.32 Å². The highest BCUT2D eigenvalue weighted by Gasteiger charge is 2.20. The fraction of sp³-hybridized carbons (Fsp3) is 0.222. The van der Waals surface area contributed by atoms with Crippen LogP contribution in [0.3, 0.4) is 0 Å². The van der Waals surface area contributed by atoms with Gasteiger partial charge in [-0.25, -0.2) is 4.39 Å². The van der Waals surface area contributed by atoms with Crippen LogP contribution in [0.2, 0.25) is 5.02 Å². The van der Waals surface area contributed by atoms with E-state index < -0.39 is 6.04 Å². The van der Waals surface area contributed by atoms with E-state index in [0.717, 1.165) is 5.56 Å². The highest BCUT2D eigenvalue weighted by Crippen LogP contribution is 2.10. The lowest BCUT2D eigenvalue weighted by Crippen LogP contribution is -2.45. The molecule has 0 aliphatic rings. The van der Waals surface area contributed by atoms with Crippen molar-refractivity contribution in [2.75, 3.05) is 7.05 Å². The van der Waals surface area contributed by atoms with Crippen LogP contribution in [0.4, 0.5) is 4.39 Å². The first-order valence-electron chi connectivity index (χ1n) is 7.42. The third kappa shape index (κ3) is 4.80. The average molecular weight is 349 g/mol. The smallest absolute Gasteiger partial charge is 0.251 e. The summed E-state index contributed by atoms with van der Waals surface area (Å²) in [6, 6.07) is 11.7. The van der Waals surface area contributed by atoms with Crippen LogP contribution in [0, 0.1) is 5.82 Å². The molecule has 4 nitrogen and oxygen atoms in total. The Morgan fingerprint density at radius 2 is 1.71 bits per heavy atom. The molecule has 2 aromatic carbocycles. The molecule has 6 heteroatoms. The van der Waals surface area contributed by atoms with Gasteiger partial charge < -0.3 is 10.2 Å². The number of carbonyl (C=O) groups excluding carboxylic acids is 2. The Labute approximate surface area is 145 Å². The minimum Gasteiger partial charge on any atom is -0.341 e. The average Bonchev–Trinajstić information content (AvgIpc) is 2.56. The number of hydrogen-bond donors (Lipinski definition) is 1. The van der Waals surface area contributed by atoms with Gasteiger partial charge in [-0.05, 0) is 48.9 Å². The molecular formula is C18H18ClFN2O2. The zero-order valence-corrected chi connectivity index (χ0v) is 14.2. The molecular weight excluding hydrogens is 331 g/mol. The second-order valence-corrected chi connectivity index (χ2v) is 5.96. The fourth-order valence-corrected chi connectivity index (χ4v) is 2.34. The molecule has 0 aliphatic heterocycles. The molecule has 0 heterocycles. The van der Waals surface area contributed by atoms with Crippen molar-refractivity contribution in [2.24, 2.45) is 0 Å². The number of rotatable bonds is 5. The molecule has 2 amide bonds. The van der Waals surface area contributed by atoms with Crippen LogP contribution in [0.5, 0.6) is 0 Å². The second kappa shape index (κ2) is 7.93. The van der Waals surface area contributed by atoms with Gasteiger partial charge in [-0.2, -0.15) is 0 Å². The Bertz CT molecular complexity index is 717.